The Morgan fingerprint density at radius 2 is 2.14 bits per heavy atom. The molecule has 0 aliphatic carbocycles. The molecule has 0 bridgehead atoms. The minimum atomic E-state index is 0.153. The summed E-state index contributed by atoms with van der Waals surface area (Å²) in [4.78, 5) is 0. The van der Waals surface area contributed by atoms with Crippen molar-refractivity contribution in [2.75, 3.05) is 13.2 Å². The summed E-state index contributed by atoms with van der Waals surface area (Å²) < 4.78 is 0. The van der Waals surface area contributed by atoms with Gasteiger partial charge < -0.3 is 5.11 Å². The molecule has 0 aromatic heterocycles. The lowest BCUT2D eigenvalue weighted by molar-refractivity contribution is 0.172. The smallest absolute Gasteiger partial charge is 0.0770 e. The molecule has 1 aromatic carbocycles. The molecule has 1 unspecified atom stereocenters. The van der Waals surface area contributed by atoms with Gasteiger partial charge >= 0.3 is 0 Å². The summed E-state index contributed by atoms with van der Waals surface area (Å²) in [5, 5.41) is 15.0. The van der Waals surface area contributed by atoms with Crippen molar-refractivity contribution in [2.45, 2.75) is 12.5 Å². The van der Waals surface area contributed by atoms with Gasteiger partial charge in [-0.1, -0.05) is 30.3 Å². The van der Waals surface area contributed by atoms with Gasteiger partial charge in [-0.3, -0.25) is 5.01 Å². The Morgan fingerprint density at radius 3 is 2.86 bits per heavy atom. The van der Waals surface area contributed by atoms with Crippen LogP contribution >= 0.6 is 0 Å². The van der Waals surface area contributed by atoms with Crippen LogP contribution in [0, 0.1) is 0 Å². The van der Waals surface area contributed by atoms with Crippen LogP contribution in [0.3, 0.4) is 0 Å². The number of nitrogens with zero attached hydrogens (tertiary/aromatic N) is 2. The van der Waals surface area contributed by atoms with Crippen molar-refractivity contribution in [1.82, 2.24) is 5.01 Å². The second-order valence-corrected chi connectivity index (χ2v) is 3.35. The molecule has 0 spiro atoms. The molecule has 0 saturated heterocycles. The second kappa shape index (κ2) is 4.24. The van der Waals surface area contributed by atoms with Crippen LogP contribution in [0.5, 0.6) is 0 Å². The Morgan fingerprint density at radius 1 is 1.36 bits per heavy atom. The van der Waals surface area contributed by atoms with Gasteiger partial charge in [-0.2, -0.15) is 5.10 Å². The van der Waals surface area contributed by atoms with Gasteiger partial charge in [0.05, 0.1) is 19.2 Å². The normalized spacial score (nSPS) is 20.4. The first-order chi connectivity index (χ1) is 6.92. The maximum atomic E-state index is 8.88. The lowest BCUT2D eigenvalue weighted by Gasteiger charge is -2.22. The average Bonchev–Trinajstić information content (AvgIpc) is 2.68. The topological polar surface area (TPSA) is 35.8 Å². The number of benzene rings is 1. The van der Waals surface area contributed by atoms with E-state index in [-0.39, 0.29) is 6.61 Å². The highest BCUT2D eigenvalue weighted by molar-refractivity contribution is 5.60. The molecule has 14 heavy (non-hydrogen) atoms. The molecule has 1 aliphatic rings. The largest absolute Gasteiger partial charge is 0.394 e. The SMILES string of the molecule is OCCN1N=CCC1c1ccccc1. The highest BCUT2D eigenvalue weighted by atomic mass is 16.3. The van der Waals surface area contributed by atoms with Crippen LogP contribution in [0.25, 0.3) is 0 Å². The van der Waals surface area contributed by atoms with E-state index in [1.807, 2.05) is 29.4 Å². The minimum Gasteiger partial charge on any atom is -0.394 e. The second-order valence-electron chi connectivity index (χ2n) is 3.35. The molecule has 0 fully saturated rings. The molecule has 1 atom stereocenters. The van der Waals surface area contributed by atoms with E-state index in [2.05, 4.69) is 17.2 Å². The van der Waals surface area contributed by atoms with Crippen LogP contribution in [0.15, 0.2) is 35.4 Å². The Balaban J connectivity index is 2.12. The lowest BCUT2D eigenvalue weighted by Crippen LogP contribution is -2.22. The van der Waals surface area contributed by atoms with Gasteiger partial charge in [0.1, 0.15) is 0 Å². The molecule has 2 rings (SSSR count). The van der Waals surface area contributed by atoms with Gasteiger partial charge in [0.25, 0.3) is 0 Å². The van der Waals surface area contributed by atoms with Crippen molar-refractivity contribution in [3.63, 3.8) is 0 Å². The van der Waals surface area contributed by atoms with Crippen molar-refractivity contribution < 1.29 is 5.11 Å². The van der Waals surface area contributed by atoms with Crippen LogP contribution in [0.1, 0.15) is 18.0 Å². The average molecular weight is 190 g/mol. The van der Waals surface area contributed by atoms with Crippen molar-refractivity contribution in [3.8, 4) is 0 Å². The summed E-state index contributed by atoms with van der Waals surface area (Å²) in [7, 11) is 0. The summed E-state index contributed by atoms with van der Waals surface area (Å²) in [5.74, 6) is 0. The van der Waals surface area contributed by atoms with E-state index in [4.69, 9.17) is 5.11 Å². The zero-order valence-electron chi connectivity index (χ0n) is 8.00. The number of aliphatic hydroxyl groups is 1. The van der Waals surface area contributed by atoms with E-state index in [0.717, 1.165) is 6.42 Å². The standard InChI is InChI=1S/C11H14N2O/c14-9-8-13-11(6-7-12-13)10-4-2-1-3-5-10/h1-5,7,11,14H,6,8-9H2. The zero-order chi connectivity index (χ0) is 9.80. The molecule has 0 saturated carbocycles. The quantitative estimate of drug-likeness (QED) is 0.782. The minimum absolute atomic E-state index is 0.153. The molecule has 0 amide bonds. The third-order valence-electron chi connectivity index (χ3n) is 2.43. The van der Waals surface area contributed by atoms with Crippen LogP contribution in [0.4, 0.5) is 0 Å². The molecule has 74 valence electrons. The first kappa shape index (κ1) is 9.21. The van der Waals surface area contributed by atoms with Crippen LogP contribution in [-0.2, 0) is 0 Å². The van der Waals surface area contributed by atoms with Gasteiger partial charge in [-0.15, -0.1) is 0 Å². The van der Waals surface area contributed by atoms with E-state index in [9.17, 15) is 0 Å². The van der Waals surface area contributed by atoms with Crippen LogP contribution < -0.4 is 0 Å². The molecule has 3 nitrogen and oxygen atoms in total. The molecule has 1 N–H and O–H groups in total. The fourth-order valence-electron chi connectivity index (χ4n) is 1.75. The fraction of sp³-hybridized carbons (Fsp3) is 0.364. The summed E-state index contributed by atoms with van der Waals surface area (Å²) in [6.07, 6.45) is 2.84. The third kappa shape index (κ3) is 1.77. The van der Waals surface area contributed by atoms with E-state index in [1.54, 1.807) is 0 Å². The number of hydrogen-bond donors (Lipinski definition) is 1. The van der Waals surface area contributed by atoms with Crippen molar-refractivity contribution in [2.24, 2.45) is 5.10 Å². The van der Waals surface area contributed by atoms with Crippen molar-refractivity contribution >= 4 is 6.21 Å². The fourth-order valence-corrected chi connectivity index (χ4v) is 1.75. The predicted molar refractivity (Wildman–Crippen MR) is 56.1 cm³/mol. The van der Waals surface area contributed by atoms with Crippen LogP contribution in [-0.4, -0.2) is 29.5 Å². The maximum Gasteiger partial charge on any atom is 0.0770 e. The Labute approximate surface area is 83.7 Å². The number of hydrazone groups is 1. The lowest BCUT2D eigenvalue weighted by atomic mass is 10.1. The molecular weight excluding hydrogens is 176 g/mol. The molecule has 1 heterocycles. The van der Waals surface area contributed by atoms with E-state index in [1.165, 1.54) is 5.56 Å². The van der Waals surface area contributed by atoms with Crippen LogP contribution in [0.2, 0.25) is 0 Å². The summed E-state index contributed by atoms with van der Waals surface area (Å²) in [6, 6.07) is 10.6. The van der Waals surface area contributed by atoms with E-state index >= 15 is 0 Å². The zero-order valence-corrected chi connectivity index (χ0v) is 8.00. The highest BCUT2D eigenvalue weighted by Crippen LogP contribution is 2.26. The van der Waals surface area contributed by atoms with E-state index < -0.39 is 0 Å². The molecule has 3 heteroatoms. The maximum absolute atomic E-state index is 8.88. The van der Waals surface area contributed by atoms with E-state index in [0.29, 0.717) is 12.6 Å². The first-order valence-corrected chi connectivity index (χ1v) is 4.86. The highest BCUT2D eigenvalue weighted by Gasteiger charge is 2.21. The molecule has 0 radical (unpaired) electrons. The van der Waals surface area contributed by atoms with Gasteiger partial charge in [-0.25, -0.2) is 0 Å². The predicted octanol–water partition coefficient (Wildman–Crippen LogP) is 1.41. The van der Waals surface area contributed by atoms with Gasteiger partial charge in [0.15, 0.2) is 0 Å². The Kier molecular flexibility index (Phi) is 2.79. The van der Waals surface area contributed by atoms with Crippen molar-refractivity contribution in [1.29, 1.82) is 0 Å². The summed E-state index contributed by atoms with van der Waals surface area (Å²) in [6.45, 7) is 0.761. The van der Waals surface area contributed by atoms with Crippen molar-refractivity contribution in [3.05, 3.63) is 35.9 Å². The first-order valence-electron chi connectivity index (χ1n) is 4.86. The molecule has 1 aliphatic heterocycles. The van der Waals surface area contributed by atoms with Gasteiger partial charge in [-0.05, 0) is 5.56 Å². The van der Waals surface area contributed by atoms with Gasteiger partial charge in [0, 0.05) is 12.6 Å². The number of hydrogen-bond acceptors (Lipinski definition) is 3. The number of aliphatic hydroxyl groups excluding tert-OH is 1. The third-order valence-corrected chi connectivity index (χ3v) is 2.43. The Bertz CT molecular complexity index is 310. The number of rotatable bonds is 3. The van der Waals surface area contributed by atoms with Gasteiger partial charge in [0.2, 0.25) is 0 Å². The Hall–Kier alpha value is -1.35. The monoisotopic (exact) mass is 190 g/mol. The number of β-amino-alcohol motifs (C(OH)–C–C–N with tert-alkyl or cyclic N) is 1. The summed E-state index contributed by atoms with van der Waals surface area (Å²) >= 11 is 0. The summed E-state index contributed by atoms with van der Waals surface area (Å²) in [5.41, 5.74) is 1.26. The molecular formula is C11H14N2O. The molecule has 1 aromatic rings.